The van der Waals surface area contributed by atoms with Crippen LogP contribution >= 0.6 is 0 Å². The van der Waals surface area contributed by atoms with E-state index in [2.05, 4.69) is 48.2 Å². The Kier molecular flexibility index (Phi) is 4.22. The molecule has 0 aliphatic rings. The van der Waals surface area contributed by atoms with Crippen LogP contribution in [0.3, 0.4) is 0 Å². The zero-order valence-corrected chi connectivity index (χ0v) is 11.9. The lowest BCUT2D eigenvalue weighted by Gasteiger charge is -2.19. The predicted octanol–water partition coefficient (Wildman–Crippen LogP) is 2.47. The van der Waals surface area contributed by atoms with Gasteiger partial charge in [-0.25, -0.2) is 0 Å². The Labute approximate surface area is 114 Å². The Bertz CT molecular complexity index is 515. The van der Waals surface area contributed by atoms with Crippen LogP contribution in [0.5, 0.6) is 0 Å². The van der Waals surface area contributed by atoms with Gasteiger partial charge in [0.2, 0.25) is 0 Å². The molecule has 1 atom stereocenters. The molecule has 0 aliphatic carbocycles. The SMILES string of the molecule is CC[C@H](N)c1ccc(N(C)Cc2cnn(C)c2)cc1. The van der Waals surface area contributed by atoms with E-state index in [1.165, 1.54) is 16.8 Å². The van der Waals surface area contributed by atoms with Crippen LogP contribution in [0.1, 0.15) is 30.5 Å². The van der Waals surface area contributed by atoms with Crippen LogP contribution in [-0.4, -0.2) is 16.8 Å². The number of aryl methyl sites for hydroxylation is 1. The van der Waals surface area contributed by atoms with Gasteiger partial charge < -0.3 is 10.6 Å². The molecule has 1 aromatic heterocycles. The third-order valence-corrected chi connectivity index (χ3v) is 3.38. The molecule has 102 valence electrons. The number of nitrogens with zero attached hydrogens (tertiary/aromatic N) is 3. The Morgan fingerprint density at radius 3 is 2.53 bits per heavy atom. The Hall–Kier alpha value is -1.81. The molecule has 19 heavy (non-hydrogen) atoms. The third kappa shape index (κ3) is 3.35. The molecule has 0 radical (unpaired) electrons. The standard InChI is InChI=1S/C15H22N4/c1-4-15(16)13-5-7-14(8-6-13)18(2)10-12-9-17-19(3)11-12/h5-9,11,15H,4,10,16H2,1-3H3/t15-/m0/s1. The topological polar surface area (TPSA) is 47.1 Å². The molecule has 0 amide bonds. The van der Waals surface area contributed by atoms with Gasteiger partial charge in [-0.2, -0.15) is 5.10 Å². The summed E-state index contributed by atoms with van der Waals surface area (Å²) in [4.78, 5) is 2.21. The van der Waals surface area contributed by atoms with Crippen molar-refractivity contribution in [2.45, 2.75) is 25.9 Å². The van der Waals surface area contributed by atoms with Gasteiger partial charge in [-0.3, -0.25) is 4.68 Å². The Balaban J connectivity index is 2.05. The van der Waals surface area contributed by atoms with E-state index in [-0.39, 0.29) is 6.04 Å². The number of hydrogen-bond acceptors (Lipinski definition) is 3. The van der Waals surface area contributed by atoms with E-state index in [0.29, 0.717) is 0 Å². The lowest BCUT2D eigenvalue weighted by molar-refractivity contribution is 0.698. The molecule has 1 aromatic carbocycles. The van der Waals surface area contributed by atoms with Crippen LogP contribution < -0.4 is 10.6 Å². The maximum absolute atomic E-state index is 6.02. The van der Waals surface area contributed by atoms with Crippen LogP contribution in [0.2, 0.25) is 0 Å². The summed E-state index contributed by atoms with van der Waals surface area (Å²) in [5, 5.41) is 4.19. The number of rotatable bonds is 5. The van der Waals surface area contributed by atoms with E-state index in [1.807, 2.05) is 24.1 Å². The molecule has 1 heterocycles. The molecule has 0 fully saturated rings. The number of nitrogens with two attached hydrogens (primary N) is 1. The van der Waals surface area contributed by atoms with Crippen molar-refractivity contribution in [2.75, 3.05) is 11.9 Å². The smallest absolute Gasteiger partial charge is 0.0539 e. The first kappa shape index (κ1) is 13.6. The number of hydrogen-bond donors (Lipinski definition) is 1. The number of anilines is 1. The molecular formula is C15H22N4. The molecule has 0 bridgehead atoms. The van der Waals surface area contributed by atoms with Crippen LogP contribution in [0, 0.1) is 0 Å². The highest BCUT2D eigenvalue weighted by molar-refractivity contribution is 5.47. The van der Waals surface area contributed by atoms with Crippen molar-refractivity contribution in [3.63, 3.8) is 0 Å². The van der Waals surface area contributed by atoms with Crippen molar-refractivity contribution in [3.05, 3.63) is 47.8 Å². The van der Waals surface area contributed by atoms with Gasteiger partial charge in [-0.05, 0) is 24.1 Å². The van der Waals surface area contributed by atoms with Crippen LogP contribution in [-0.2, 0) is 13.6 Å². The lowest BCUT2D eigenvalue weighted by atomic mass is 10.1. The van der Waals surface area contributed by atoms with Gasteiger partial charge in [0.25, 0.3) is 0 Å². The van der Waals surface area contributed by atoms with Crippen molar-refractivity contribution in [1.82, 2.24) is 9.78 Å². The van der Waals surface area contributed by atoms with Gasteiger partial charge in [0, 0.05) is 44.1 Å². The highest BCUT2D eigenvalue weighted by Gasteiger charge is 2.06. The van der Waals surface area contributed by atoms with Crippen LogP contribution in [0.25, 0.3) is 0 Å². The van der Waals surface area contributed by atoms with E-state index in [1.54, 1.807) is 0 Å². The molecule has 2 aromatic rings. The molecule has 4 heteroatoms. The number of aromatic nitrogens is 2. The van der Waals surface area contributed by atoms with Crippen LogP contribution in [0.15, 0.2) is 36.7 Å². The minimum Gasteiger partial charge on any atom is -0.370 e. The van der Waals surface area contributed by atoms with E-state index in [0.717, 1.165) is 13.0 Å². The summed E-state index contributed by atoms with van der Waals surface area (Å²) in [6, 6.07) is 8.62. The van der Waals surface area contributed by atoms with Gasteiger partial charge in [-0.1, -0.05) is 19.1 Å². The first-order valence-corrected chi connectivity index (χ1v) is 6.64. The van der Waals surface area contributed by atoms with Crippen molar-refractivity contribution < 1.29 is 0 Å². The van der Waals surface area contributed by atoms with E-state index in [9.17, 15) is 0 Å². The molecule has 0 saturated heterocycles. The van der Waals surface area contributed by atoms with Gasteiger partial charge in [0.1, 0.15) is 0 Å². The maximum Gasteiger partial charge on any atom is 0.0539 e. The second-order valence-corrected chi connectivity index (χ2v) is 4.98. The fourth-order valence-corrected chi connectivity index (χ4v) is 2.13. The lowest BCUT2D eigenvalue weighted by Crippen LogP contribution is -2.16. The first-order valence-electron chi connectivity index (χ1n) is 6.64. The van der Waals surface area contributed by atoms with Gasteiger partial charge in [-0.15, -0.1) is 0 Å². The molecule has 2 N–H and O–H groups in total. The molecule has 0 unspecified atom stereocenters. The zero-order valence-electron chi connectivity index (χ0n) is 11.9. The minimum atomic E-state index is 0.137. The third-order valence-electron chi connectivity index (χ3n) is 3.38. The van der Waals surface area contributed by atoms with E-state index >= 15 is 0 Å². The maximum atomic E-state index is 6.02. The summed E-state index contributed by atoms with van der Waals surface area (Å²) in [5.41, 5.74) is 9.62. The molecule has 0 aliphatic heterocycles. The predicted molar refractivity (Wildman–Crippen MR) is 79.0 cm³/mol. The van der Waals surface area contributed by atoms with Crippen LogP contribution in [0.4, 0.5) is 5.69 Å². The average molecular weight is 258 g/mol. The van der Waals surface area contributed by atoms with Crippen molar-refractivity contribution >= 4 is 5.69 Å². The fourth-order valence-electron chi connectivity index (χ4n) is 2.13. The second kappa shape index (κ2) is 5.89. The fraction of sp³-hybridized carbons (Fsp3) is 0.400. The highest BCUT2D eigenvalue weighted by Crippen LogP contribution is 2.20. The second-order valence-electron chi connectivity index (χ2n) is 4.98. The van der Waals surface area contributed by atoms with Gasteiger partial charge in [0.05, 0.1) is 6.20 Å². The Morgan fingerprint density at radius 2 is 2.00 bits per heavy atom. The number of benzene rings is 1. The molecular weight excluding hydrogens is 236 g/mol. The van der Waals surface area contributed by atoms with Crippen molar-refractivity contribution in [1.29, 1.82) is 0 Å². The summed E-state index contributed by atoms with van der Waals surface area (Å²) in [5.74, 6) is 0. The zero-order chi connectivity index (χ0) is 13.8. The molecule has 4 nitrogen and oxygen atoms in total. The van der Waals surface area contributed by atoms with Crippen molar-refractivity contribution in [3.8, 4) is 0 Å². The van der Waals surface area contributed by atoms with Gasteiger partial charge >= 0.3 is 0 Å². The molecule has 0 saturated carbocycles. The quantitative estimate of drug-likeness (QED) is 0.896. The monoisotopic (exact) mass is 258 g/mol. The molecule has 0 spiro atoms. The van der Waals surface area contributed by atoms with Crippen molar-refractivity contribution in [2.24, 2.45) is 12.8 Å². The minimum absolute atomic E-state index is 0.137. The van der Waals surface area contributed by atoms with Gasteiger partial charge in [0.15, 0.2) is 0 Å². The van der Waals surface area contributed by atoms with E-state index < -0.39 is 0 Å². The summed E-state index contributed by atoms with van der Waals surface area (Å²) >= 11 is 0. The average Bonchev–Trinajstić information content (AvgIpc) is 2.83. The summed E-state index contributed by atoms with van der Waals surface area (Å²) in [7, 11) is 4.02. The molecule has 2 rings (SSSR count). The largest absolute Gasteiger partial charge is 0.370 e. The summed E-state index contributed by atoms with van der Waals surface area (Å²) in [6.07, 6.45) is 4.90. The normalized spacial score (nSPS) is 12.4. The summed E-state index contributed by atoms with van der Waals surface area (Å²) < 4.78 is 1.83. The van der Waals surface area contributed by atoms with E-state index in [4.69, 9.17) is 5.73 Å². The Morgan fingerprint density at radius 1 is 1.32 bits per heavy atom. The first-order chi connectivity index (χ1) is 9.10. The summed E-state index contributed by atoms with van der Waals surface area (Å²) in [6.45, 7) is 2.96. The highest BCUT2D eigenvalue weighted by atomic mass is 15.2.